The van der Waals surface area contributed by atoms with Crippen LogP contribution in [0.4, 0.5) is 39.8 Å². The Morgan fingerprint density at radius 2 is 0.729 bits per heavy atom. The quantitative estimate of drug-likeness (QED) is 0.113. The van der Waals surface area contributed by atoms with Crippen LogP contribution in [0.15, 0.2) is 300 Å². The number of aromatic nitrogens is 2. The van der Waals surface area contributed by atoms with E-state index in [1.807, 2.05) is 121 Å². The highest BCUT2D eigenvalue weighted by Gasteiger charge is 2.51. The molecule has 85 heavy (non-hydrogen) atoms. The number of nitriles is 1. The van der Waals surface area contributed by atoms with Gasteiger partial charge in [0.1, 0.15) is 11.0 Å². The number of nitrogens with zero attached hydrogens (tertiary/aromatic N) is 6. The minimum Gasteiger partial charge on any atom is -0.435 e. The van der Waals surface area contributed by atoms with Gasteiger partial charge in [-0.2, -0.15) is 5.26 Å². The lowest BCUT2D eigenvalue weighted by Crippen LogP contribution is -2.29. The highest BCUT2D eigenvalue weighted by molar-refractivity contribution is 6.15. The summed E-state index contributed by atoms with van der Waals surface area (Å²) in [5.41, 5.74) is 18.7. The molecule has 0 N–H and O–H groups in total. The number of benzene rings is 12. The fourth-order valence-electron chi connectivity index (χ4n) is 12.4. The van der Waals surface area contributed by atoms with Crippen LogP contribution in [-0.2, 0) is 5.41 Å². The van der Waals surface area contributed by atoms with Crippen LogP contribution in [0.5, 0.6) is 0 Å². The molecule has 398 valence electrons. The van der Waals surface area contributed by atoms with Crippen LogP contribution >= 0.6 is 0 Å². The van der Waals surface area contributed by atoms with Gasteiger partial charge in [-0.25, -0.2) is 14.8 Å². The summed E-state index contributed by atoms with van der Waals surface area (Å²) in [6, 6.07) is 102. The molecule has 8 nitrogen and oxygen atoms in total. The Labute approximate surface area is 491 Å². The molecule has 0 amide bonds. The van der Waals surface area contributed by atoms with E-state index in [1.165, 1.54) is 0 Å². The van der Waals surface area contributed by atoms with Crippen molar-refractivity contribution in [2.24, 2.45) is 0 Å². The van der Waals surface area contributed by atoms with E-state index in [-0.39, 0.29) is 0 Å². The molecule has 0 atom stereocenters. The van der Waals surface area contributed by atoms with Crippen LogP contribution in [0.3, 0.4) is 0 Å². The second kappa shape index (κ2) is 20.9. The predicted octanol–water partition coefficient (Wildman–Crippen LogP) is 20.4. The van der Waals surface area contributed by atoms with E-state index in [0.29, 0.717) is 45.2 Å². The SMILES string of the molecule is [C-]#[N+]c1ccc(N(c2ccccc2)c2cc3c(c4oc(-c5cccc(-c6ccccc6)c5)nc24)-c2c(cc(N(c4ccccc4)c4ccc(C#N)cc4)c4nc(-c5cccc(-c6ccccc6)c5)oc24)C3(c2ccccc2)c2ccccc2)cc1. The second-order valence-corrected chi connectivity index (χ2v) is 21.0. The van der Waals surface area contributed by atoms with Crippen molar-refractivity contribution in [3.8, 4) is 62.4 Å². The Morgan fingerprint density at radius 3 is 1.13 bits per heavy atom. The lowest BCUT2D eigenvalue weighted by atomic mass is 9.67. The van der Waals surface area contributed by atoms with E-state index in [9.17, 15) is 5.26 Å². The van der Waals surface area contributed by atoms with Crippen molar-refractivity contribution >= 4 is 62.0 Å². The van der Waals surface area contributed by atoms with Crippen molar-refractivity contribution in [1.29, 1.82) is 5.26 Å². The molecule has 0 aliphatic heterocycles. The molecule has 0 bridgehead atoms. The van der Waals surface area contributed by atoms with Gasteiger partial charge in [0.2, 0.25) is 11.8 Å². The number of fused-ring (bicyclic) bond motifs is 7. The fraction of sp³-hybridized carbons (Fsp3) is 0.0130. The van der Waals surface area contributed by atoms with E-state index in [4.69, 9.17) is 25.4 Å². The topological polar surface area (TPSA) is 86.7 Å². The molecule has 14 aromatic rings. The number of anilines is 6. The first-order valence-electron chi connectivity index (χ1n) is 28.1. The Bertz CT molecular complexity index is 4570. The van der Waals surface area contributed by atoms with Gasteiger partial charge >= 0.3 is 0 Å². The monoisotopic (exact) mass is 1090 g/mol. The first-order valence-corrected chi connectivity index (χ1v) is 28.1. The molecule has 15 rings (SSSR count). The lowest BCUT2D eigenvalue weighted by Gasteiger charge is -2.35. The van der Waals surface area contributed by atoms with Crippen molar-refractivity contribution in [3.63, 3.8) is 0 Å². The van der Waals surface area contributed by atoms with Crippen molar-refractivity contribution in [2.45, 2.75) is 5.41 Å². The molecule has 12 aromatic carbocycles. The first kappa shape index (κ1) is 50.1. The Kier molecular flexibility index (Phi) is 12.3. The van der Waals surface area contributed by atoms with Crippen molar-refractivity contribution < 1.29 is 8.83 Å². The number of para-hydroxylation sites is 2. The van der Waals surface area contributed by atoms with Gasteiger partial charge in [-0.05, 0) is 142 Å². The molecular weight excluding hydrogens is 1040 g/mol. The van der Waals surface area contributed by atoms with Gasteiger partial charge in [0, 0.05) is 45.0 Å². The summed E-state index contributed by atoms with van der Waals surface area (Å²) in [5, 5.41) is 10.1. The lowest BCUT2D eigenvalue weighted by molar-refractivity contribution is 0.616. The smallest absolute Gasteiger partial charge is 0.227 e. The number of hydrogen-bond donors (Lipinski definition) is 0. The van der Waals surface area contributed by atoms with Crippen LogP contribution in [0.25, 0.3) is 83.3 Å². The van der Waals surface area contributed by atoms with E-state index in [1.54, 1.807) is 0 Å². The molecule has 0 saturated heterocycles. The second-order valence-electron chi connectivity index (χ2n) is 21.0. The van der Waals surface area contributed by atoms with Crippen LogP contribution in [-0.4, -0.2) is 9.97 Å². The van der Waals surface area contributed by atoms with Crippen LogP contribution in [0.1, 0.15) is 27.8 Å². The predicted molar refractivity (Wildman–Crippen MR) is 341 cm³/mol. The molecule has 1 aliphatic carbocycles. The molecule has 0 fully saturated rings. The van der Waals surface area contributed by atoms with E-state index >= 15 is 0 Å². The third-order valence-electron chi connectivity index (χ3n) is 16.2. The molecule has 0 spiro atoms. The average molecular weight is 1090 g/mol. The molecule has 1 aliphatic rings. The third-order valence-corrected chi connectivity index (χ3v) is 16.2. The normalized spacial score (nSPS) is 12.1. The molecule has 2 aromatic heterocycles. The number of oxazole rings is 2. The minimum absolute atomic E-state index is 0.440. The molecule has 0 radical (unpaired) electrons. The molecule has 0 unspecified atom stereocenters. The third kappa shape index (κ3) is 8.52. The van der Waals surface area contributed by atoms with Gasteiger partial charge in [0.25, 0.3) is 0 Å². The zero-order valence-electron chi connectivity index (χ0n) is 45.7. The highest BCUT2D eigenvalue weighted by atomic mass is 16.4. The Balaban J connectivity index is 1.12. The zero-order valence-corrected chi connectivity index (χ0v) is 45.7. The summed E-state index contributed by atoms with van der Waals surface area (Å²) in [5.74, 6) is 0.882. The summed E-state index contributed by atoms with van der Waals surface area (Å²) in [4.78, 5) is 19.5. The molecule has 2 heterocycles. The Hall–Kier alpha value is -11.8. The molecule has 0 saturated carbocycles. The maximum absolute atomic E-state index is 10.1. The van der Waals surface area contributed by atoms with Crippen molar-refractivity contribution in [3.05, 3.63) is 330 Å². The summed E-state index contributed by atoms with van der Waals surface area (Å²) < 4.78 is 15.2. The van der Waals surface area contributed by atoms with Gasteiger partial charge in [-0.3, -0.25) is 0 Å². The van der Waals surface area contributed by atoms with Crippen LogP contribution in [0.2, 0.25) is 0 Å². The zero-order chi connectivity index (χ0) is 56.8. The standard InChI is InChI=1S/C77H48N6O2/c1-79-60-40-44-64(45-41-60)83(62-36-18-7-19-37-62)68-49-66-70(74-72(68)81-76(85-74)57-29-21-27-55(47-57)53-24-10-3-11-25-53)69-65(77(66,58-30-12-4-13-31-58)59-32-14-5-15-33-59)48-67(82(61-34-16-6-17-35-61)63-42-38-51(50-78)39-43-63)71-73(69)84-75(80-71)56-28-20-26-54(46-56)52-22-8-2-9-23-52/h2-49H. The minimum atomic E-state index is -1.07. The molecular formula is C77H48N6O2. The molecule has 8 heteroatoms. The largest absolute Gasteiger partial charge is 0.435 e. The van der Waals surface area contributed by atoms with Gasteiger partial charge in [-0.1, -0.05) is 194 Å². The van der Waals surface area contributed by atoms with Gasteiger partial charge < -0.3 is 18.6 Å². The van der Waals surface area contributed by atoms with Crippen molar-refractivity contribution in [1.82, 2.24) is 9.97 Å². The Morgan fingerprint density at radius 1 is 0.376 bits per heavy atom. The van der Waals surface area contributed by atoms with E-state index in [0.717, 1.165) is 101 Å². The average Bonchev–Trinajstić information content (AvgIpc) is 1.68. The number of rotatable bonds is 12. The first-order chi connectivity index (χ1) is 42.0. The highest BCUT2D eigenvalue weighted by Crippen LogP contribution is 2.63. The summed E-state index contributed by atoms with van der Waals surface area (Å²) in [6.45, 7) is 7.94. The summed E-state index contributed by atoms with van der Waals surface area (Å²) in [7, 11) is 0. The van der Waals surface area contributed by atoms with E-state index < -0.39 is 5.41 Å². The maximum atomic E-state index is 10.1. The summed E-state index contributed by atoms with van der Waals surface area (Å²) in [6.07, 6.45) is 0. The van der Waals surface area contributed by atoms with Gasteiger partial charge in [0.05, 0.1) is 35.0 Å². The van der Waals surface area contributed by atoms with Crippen LogP contribution < -0.4 is 9.80 Å². The van der Waals surface area contributed by atoms with Gasteiger partial charge in [-0.15, -0.1) is 0 Å². The van der Waals surface area contributed by atoms with Crippen LogP contribution in [0, 0.1) is 17.9 Å². The van der Waals surface area contributed by atoms with E-state index in [2.05, 4.69) is 191 Å². The van der Waals surface area contributed by atoms with Gasteiger partial charge in [0.15, 0.2) is 16.9 Å². The number of hydrogen-bond acceptors (Lipinski definition) is 7. The summed E-state index contributed by atoms with van der Waals surface area (Å²) >= 11 is 0. The fourth-order valence-corrected chi connectivity index (χ4v) is 12.4. The van der Waals surface area contributed by atoms with Crippen molar-refractivity contribution in [2.75, 3.05) is 9.80 Å². The maximum Gasteiger partial charge on any atom is 0.227 e.